The van der Waals surface area contributed by atoms with E-state index in [2.05, 4.69) is 79.8 Å². The summed E-state index contributed by atoms with van der Waals surface area (Å²) >= 11 is 0. The maximum absolute atomic E-state index is 5.06. The molecule has 1 fully saturated rings. The molecule has 4 aromatic rings. The second kappa shape index (κ2) is 12.5. The molecule has 0 unspecified atom stereocenters. The Balaban J connectivity index is 1.27. The molecule has 0 aliphatic carbocycles. The van der Waals surface area contributed by atoms with Crippen LogP contribution in [-0.2, 0) is 6.42 Å². The molecule has 2 aliphatic heterocycles. The van der Waals surface area contributed by atoms with E-state index in [0.717, 1.165) is 83.4 Å². The molecule has 3 N–H and O–H groups in total. The average molecular weight is 572 g/mol. The molecule has 0 radical (unpaired) electrons. The minimum Gasteiger partial charge on any atom is -0.367 e. The smallest absolute Gasteiger partial charge is 0.161 e. The number of imidazole rings is 1. The highest BCUT2D eigenvalue weighted by Gasteiger charge is 2.23. The molecule has 0 amide bonds. The van der Waals surface area contributed by atoms with Gasteiger partial charge in [-0.1, -0.05) is 55.6 Å². The fourth-order valence-electron chi connectivity index (χ4n) is 5.44. The van der Waals surface area contributed by atoms with Gasteiger partial charge in [-0.15, -0.1) is 0 Å². The number of fused-ring (bicyclic) bond motifs is 1. The molecule has 0 bridgehead atoms. The van der Waals surface area contributed by atoms with Crippen LogP contribution in [0.2, 0.25) is 0 Å². The van der Waals surface area contributed by atoms with Crippen LogP contribution in [0.15, 0.2) is 96.3 Å². The fourth-order valence-corrected chi connectivity index (χ4v) is 5.44. The number of aryl methyl sites for hydroxylation is 1. The van der Waals surface area contributed by atoms with Crippen LogP contribution in [0.4, 0.5) is 0 Å². The van der Waals surface area contributed by atoms with E-state index < -0.39 is 0 Å². The van der Waals surface area contributed by atoms with Crippen molar-refractivity contribution in [2.75, 3.05) is 39.8 Å². The van der Waals surface area contributed by atoms with Crippen molar-refractivity contribution in [1.82, 2.24) is 40.3 Å². The van der Waals surface area contributed by atoms with Gasteiger partial charge in [0.05, 0.1) is 29.1 Å². The molecule has 9 nitrogen and oxygen atoms in total. The van der Waals surface area contributed by atoms with Crippen molar-refractivity contribution in [3.8, 4) is 11.5 Å². The number of allylic oxidation sites excluding steroid dienone is 6. The summed E-state index contributed by atoms with van der Waals surface area (Å²) in [5.41, 5.74) is 10.0. The van der Waals surface area contributed by atoms with E-state index in [1.54, 1.807) is 0 Å². The zero-order valence-corrected chi connectivity index (χ0v) is 24.8. The van der Waals surface area contributed by atoms with Crippen molar-refractivity contribution < 1.29 is 0 Å². The minimum atomic E-state index is 0.561. The Labute approximate surface area is 252 Å². The third kappa shape index (κ3) is 6.27. The fraction of sp³-hybridized carbons (Fsp3) is 0.235. The number of piperazine rings is 1. The predicted molar refractivity (Wildman–Crippen MR) is 175 cm³/mol. The first-order valence-corrected chi connectivity index (χ1v) is 14.6. The highest BCUT2D eigenvalue weighted by molar-refractivity contribution is 5.91. The molecule has 2 aliphatic rings. The van der Waals surface area contributed by atoms with Gasteiger partial charge in [0.15, 0.2) is 11.5 Å². The quantitative estimate of drug-likeness (QED) is 0.241. The Hall–Kier alpha value is -5.02. The molecule has 218 valence electrons. The maximum atomic E-state index is 5.06. The van der Waals surface area contributed by atoms with Gasteiger partial charge in [-0.2, -0.15) is 5.10 Å². The molecule has 1 aromatic carbocycles. The van der Waals surface area contributed by atoms with E-state index in [0.29, 0.717) is 18.1 Å². The molecule has 0 spiro atoms. The number of benzene rings is 1. The monoisotopic (exact) mass is 571 g/mol. The van der Waals surface area contributed by atoms with Gasteiger partial charge in [0.1, 0.15) is 11.2 Å². The first-order valence-electron chi connectivity index (χ1n) is 14.6. The number of aromatic amines is 2. The number of H-pyrrole nitrogens is 2. The van der Waals surface area contributed by atoms with Crippen LogP contribution in [0.25, 0.3) is 33.8 Å². The molecule has 5 heterocycles. The van der Waals surface area contributed by atoms with Crippen molar-refractivity contribution in [1.29, 1.82) is 0 Å². The van der Waals surface area contributed by atoms with Gasteiger partial charge in [0.2, 0.25) is 0 Å². The number of hydrogen-bond acceptors (Lipinski definition) is 7. The molecule has 9 heteroatoms. The molecular weight excluding hydrogens is 534 g/mol. The summed E-state index contributed by atoms with van der Waals surface area (Å²) in [6, 6.07) is 14.3. The lowest BCUT2D eigenvalue weighted by Crippen LogP contribution is -2.43. The van der Waals surface area contributed by atoms with Crippen LogP contribution in [0.1, 0.15) is 22.6 Å². The Morgan fingerprint density at radius 1 is 1.07 bits per heavy atom. The van der Waals surface area contributed by atoms with Crippen molar-refractivity contribution in [2.24, 2.45) is 4.99 Å². The van der Waals surface area contributed by atoms with E-state index in [1.807, 2.05) is 55.6 Å². The number of aromatic nitrogens is 5. The van der Waals surface area contributed by atoms with Gasteiger partial charge in [-0.3, -0.25) is 10.1 Å². The lowest BCUT2D eigenvalue weighted by atomic mass is 10.1. The van der Waals surface area contributed by atoms with Crippen molar-refractivity contribution in [2.45, 2.75) is 13.3 Å². The summed E-state index contributed by atoms with van der Waals surface area (Å²) in [6.07, 6.45) is 10.6. The van der Waals surface area contributed by atoms with Crippen LogP contribution in [0.5, 0.6) is 0 Å². The topological polar surface area (TPSA) is 101 Å². The zero-order chi connectivity index (χ0) is 29.8. The maximum Gasteiger partial charge on any atom is 0.161 e. The molecule has 0 atom stereocenters. The number of likely N-dealkylation sites (N-methyl/N-ethyl adjacent to an activating group) is 1. The minimum absolute atomic E-state index is 0.561. The Bertz CT molecular complexity index is 1760. The van der Waals surface area contributed by atoms with Crippen LogP contribution < -0.4 is 5.32 Å². The van der Waals surface area contributed by atoms with Crippen molar-refractivity contribution in [3.63, 3.8) is 0 Å². The molecule has 6 rings (SSSR count). The van der Waals surface area contributed by atoms with Crippen molar-refractivity contribution in [3.05, 3.63) is 114 Å². The number of hydrogen-bond donors (Lipinski definition) is 3. The highest BCUT2D eigenvalue weighted by Crippen LogP contribution is 2.29. The Morgan fingerprint density at radius 2 is 1.88 bits per heavy atom. The zero-order valence-electron chi connectivity index (χ0n) is 24.8. The summed E-state index contributed by atoms with van der Waals surface area (Å²) in [5, 5.41) is 11.2. The van der Waals surface area contributed by atoms with E-state index >= 15 is 0 Å². The number of pyridine rings is 1. The largest absolute Gasteiger partial charge is 0.367 e. The summed E-state index contributed by atoms with van der Waals surface area (Å²) < 4.78 is 0. The summed E-state index contributed by atoms with van der Waals surface area (Å²) in [6.45, 7) is 14.7. The van der Waals surface area contributed by atoms with Gasteiger partial charge in [0, 0.05) is 55.8 Å². The van der Waals surface area contributed by atoms with E-state index in [9.17, 15) is 0 Å². The lowest BCUT2D eigenvalue weighted by Gasteiger charge is -2.35. The van der Waals surface area contributed by atoms with Crippen LogP contribution in [0.3, 0.4) is 0 Å². The lowest BCUT2D eigenvalue weighted by molar-refractivity contribution is 0.207. The van der Waals surface area contributed by atoms with E-state index in [-0.39, 0.29) is 0 Å². The Morgan fingerprint density at radius 3 is 2.67 bits per heavy atom. The molecular formula is C34H37N9. The van der Waals surface area contributed by atoms with Gasteiger partial charge in [-0.25, -0.2) is 9.97 Å². The van der Waals surface area contributed by atoms with E-state index in [4.69, 9.17) is 9.97 Å². The standard InChI is InChI=1S/C34H37N9/c1-5-9-30(43-18-16-42(4)17-19-43)31-24(3)37-34(39-31)33-32-29(40-41-33)13-12-28(38-32)26-14-15-35-22-27(21-26)36-23(2)20-25-10-7-6-8-11-25/h5-14,21-22,36H,1-2,15-20H2,3-4H3,(H,37,39)(H,40,41)/b30-9+. The number of aliphatic imine (C=N–C) groups is 1. The number of nitrogens with one attached hydrogen (secondary N) is 3. The van der Waals surface area contributed by atoms with Crippen LogP contribution in [0, 0.1) is 6.92 Å². The van der Waals surface area contributed by atoms with Crippen LogP contribution in [-0.4, -0.2) is 80.9 Å². The van der Waals surface area contributed by atoms with Gasteiger partial charge < -0.3 is 20.1 Å². The third-order valence-corrected chi connectivity index (χ3v) is 7.71. The second-order valence-corrected chi connectivity index (χ2v) is 10.9. The number of nitrogens with zero attached hydrogens (tertiary/aromatic N) is 6. The summed E-state index contributed by atoms with van der Waals surface area (Å²) in [4.78, 5) is 22.8. The summed E-state index contributed by atoms with van der Waals surface area (Å²) in [5.74, 6) is 0.681. The van der Waals surface area contributed by atoms with Gasteiger partial charge in [-0.05, 0) is 43.8 Å². The van der Waals surface area contributed by atoms with Gasteiger partial charge in [0.25, 0.3) is 0 Å². The molecule has 0 saturated carbocycles. The highest BCUT2D eigenvalue weighted by atomic mass is 15.3. The predicted octanol–water partition coefficient (Wildman–Crippen LogP) is 5.13. The first kappa shape index (κ1) is 28.1. The average Bonchev–Trinajstić information content (AvgIpc) is 3.52. The number of rotatable bonds is 9. The first-order chi connectivity index (χ1) is 21.0. The van der Waals surface area contributed by atoms with Gasteiger partial charge >= 0.3 is 0 Å². The molecule has 3 aromatic heterocycles. The van der Waals surface area contributed by atoms with Crippen LogP contribution >= 0.6 is 0 Å². The summed E-state index contributed by atoms with van der Waals surface area (Å²) in [7, 11) is 2.16. The Kier molecular flexibility index (Phi) is 8.15. The normalized spacial score (nSPS) is 16.1. The third-order valence-electron chi connectivity index (χ3n) is 7.71. The molecule has 43 heavy (non-hydrogen) atoms. The van der Waals surface area contributed by atoms with Crippen molar-refractivity contribution >= 4 is 28.5 Å². The SMILES string of the molecule is C=C/C=C(\c1nc(-c2n[nH]c3ccc(C4=CCN=CC(NC(=C)Cc5ccccc5)=C4)nc23)[nH]c1C)N1CCN(C)CC1. The molecule has 1 saturated heterocycles. The second-order valence-electron chi connectivity index (χ2n) is 10.9. The van der Waals surface area contributed by atoms with E-state index in [1.165, 1.54) is 5.56 Å².